The van der Waals surface area contributed by atoms with Gasteiger partial charge in [-0.1, -0.05) is 18.2 Å². The Morgan fingerprint density at radius 2 is 2.00 bits per heavy atom. The second-order valence-corrected chi connectivity index (χ2v) is 4.44. The maximum absolute atomic E-state index is 12.0. The van der Waals surface area contributed by atoms with Gasteiger partial charge in [0.05, 0.1) is 16.8 Å². The van der Waals surface area contributed by atoms with E-state index in [1.165, 1.54) is 0 Å². The highest BCUT2D eigenvalue weighted by atomic mass is 16.1. The Kier molecular flexibility index (Phi) is 3.09. The molecule has 0 fully saturated rings. The maximum Gasteiger partial charge on any atom is 0.253 e. The number of carbonyl (C=O) groups excluding carboxylic acids is 1. The van der Waals surface area contributed by atoms with E-state index in [9.17, 15) is 4.79 Å². The predicted molar refractivity (Wildman–Crippen MR) is 69.1 cm³/mol. The smallest absolute Gasteiger partial charge is 0.253 e. The van der Waals surface area contributed by atoms with Gasteiger partial charge in [-0.2, -0.15) is 0 Å². The van der Waals surface area contributed by atoms with Crippen LogP contribution in [0, 0.1) is 6.92 Å². The number of nitrogens with zero attached hydrogens (tertiary/aromatic N) is 1. The zero-order chi connectivity index (χ0) is 12.4. The number of hydrogen-bond acceptors (Lipinski definition) is 2. The molecule has 0 unspecified atom stereocenters. The van der Waals surface area contributed by atoms with Crippen LogP contribution in [-0.2, 0) is 0 Å². The van der Waals surface area contributed by atoms with Gasteiger partial charge in [0.25, 0.3) is 5.91 Å². The Morgan fingerprint density at radius 1 is 1.29 bits per heavy atom. The molecule has 1 heterocycles. The molecule has 1 aromatic carbocycles. The molecule has 0 aliphatic carbocycles. The first kappa shape index (κ1) is 11.6. The number of pyridine rings is 1. The SMILES string of the molecule is Cc1nc2ccccc2cc1C(=O)NC(C)C. The van der Waals surface area contributed by atoms with Gasteiger partial charge >= 0.3 is 0 Å². The summed E-state index contributed by atoms with van der Waals surface area (Å²) in [6, 6.07) is 9.84. The summed E-state index contributed by atoms with van der Waals surface area (Å²) in [6.45, 7) is 5.76. The quantitative estimate of drug-likeness (QED) is 0.858. The van der Waals surface area contributed by atoms with E-state index in [0.29, 0.717) is 5.56 Å². The first-order chi connectivity index (χ1) is 8.08. The van der Waals surface area contributed by atoms with Gasteiger partial charge in [0.15, 0.2) is 0 Å². The summed E-state index contributed by atoms with van der Waals surface area (Å²) >= 11 is 0. The van der Waals surface area contributed by atoms with E-state index < -0.39 is 0 Å². The third-order valence-electron chi connectivity index (χ3n) is 2.58. The minimum absolute atomic E-state index is 0.0595. The number of benzene rings is 1. The van der Waals surface area contributed by atoms with Crippen LogP contribution in [0.25, 0.3) is 10.9 Å². The molecule has 0 atom stereocenters. The van der Waals surface area contributed by atoms with Gasteiger partial charge in [-0.25, -0.2) is 0 Å². The van der Waals surface area contributed by atoms with Crippen LogP contribution in [0.5, 0.6) is 0 Å². The van der Waals surface area contributed by atoms with E-state index >= 15 is 0 Å². The van der Waals surface area contributed by atoms with Crippen molar-refractivity contribution in [3.63, 3.8) is 0 Å². The summed E-state index contributed by atoms with van der Waals surface area (Å²) < 4.78 is 0. The summed E-state index contributed by atoms with van der Waals surface area (Å²) in [5.41, 5.74) is 2.34. The largest absolute Gasteiger partial charge is 0.350 e. The molecule has 3 nitrogen and oxygen atoms in total. The van der Waals surface area contributed by atoms with Crippen molar-refractivity contribution >= 4 is 16.8 Å². The average molecular weight is 228 g/mol. The Balaban J connectivity index is 2.47. The van der Waals surface area contributed by atoms with Crippen LogP contribution >= 0.6 is 0 Å². The fourth-order valence-corrected chi connectivity index (χ4v) is 1.78. The van der Waals surface area contributed by atoms with E-state index in [0.717, 1.165) is 16.6 Å². The topological polar surface area (TPSA) is 42.0 Å². The Hall–Kier alpha value is -1.90. The van der Waals surface area contributed by atoms with E-state index in [2.05, 4.69) is 10.3 Å². The van der Waals surface area contributed by atoms with Crippen molar-refractivity contribution in [1.82, 2.24) is 10.3 Å². The minimum Gasteiger partial charge on any atom is -0.350 e. The summed E-state index contributed by atoms with van der Waals surface area (Å²) in [5, 5.41) is 3.88. The molecule has 0 bridgehead atoms. The van der Waals surface area contributed by atoms with Crippen LogP contribution in [0.2, 0.25) is 0 Å². The second-order valence-electron chi connectivity index (χ2n) is 4.44. The number of rotatable bonds is 2. The molecule has 2 aromatic rings. The number of amides is 1. The highest BCUT2D eigenvalue weighted by Gasteiger charge is 2.11. The van der Waals surface area contributed by atoms with Gasteiger partial charge < -0.3 is 5.32 Å². The number of hydrogen-bond donors (Lipinski definition) is 1. The van der Waals surface area contributed by atoms with Gasteiger partial charge in [0, 0.05) is 11.4 Å². The van der Waals surface area contributed by atoms with Crippen molar-refractivity contribution in [2.45, 2.75) is 26.8 Å². The molecular formula is C14H16N2O. The fraction of sp³-hybridized carbons (Fsp3) is 0.286. The predicted octanol–water partition coefficient (Wildman–Crippen LogP) is 2.68. The van der Waals surface area contributed by atoms with Gasteiger partial charge in [-0.05, 0) is 32.9 Å². The van der Waals surface area contributed by atoms with Crippen molar-refractivity contribution in [3.8, 4) is 0 Å². The molecule has 88 valence electrons. The average Bonchev–Trinajstić information content (AvgIpc) is 2.27. The summed E-state index contributed by atoms with van der Waals surface area (Å²) in [6.07, 6.45) is 0. The molecule has 0 aliphatic rings. The number of nitrogens with one attached hydrogen (secondary N) is 1. The number of fused-ring (bicyclic) bond motifs is 1. The molecule has 17 heavy (non-hydrogen) atoms. The normalized spacial score (nSPS) is 10.8. The van der Waals surface area contributed by atoms with Gasteiger partial charge in [-0.15, -0.1) is 0 Å². The van der Waals surface area contributed by atoms with E-state index in [1.807, 2.05) is 51.1 Å². The minimum atomic E-state index is -0.0595. The molecule has 1 N–H and O–H groups in total. The lowest BCUT2D eigenvalue weighted by Crippen LogP contribution is -2.30. The van der Waals surface area contributed by atoms with Crippen molar-refractivity contribution in [1.29, 1.82) is 0 Å². The molecule has 3 heteroatoms. The molecule has 0 aliphatic heterocycles. The molecule has 0 saturated heterocycles. The molecule has 0 saturated carbocycles. The van der Waals surface area contributed by atoms with E-state index in [1.54, 1.807) is 0 Å². The van der Waals surface area contributed by atoms with E-state index in [-0.39, 0.29) is 11.9 Å². The second kappa shape index (κ2) is 4.53. The fourth-order valence-electron chi connectivity index (χ4n) is 1.78. The number of aryl methyl sites for hydroxylation is 1. The lowest BCUT2D eigenvalue weighted by molar-refractivity contribution is 0.0942. The highest BCUT2D eigenvalue weighted by molar-refractivity contribution is 5.98. The van der Waals surface area contributed by atoms with Crippen LogP contribution in [0.15, 0.2) is 30.3 Å². The summed E-state index contributed by atoms with van der Waals surface area (Å²) in [4.78, 5) is 16.4. The summed E-state index contributed by atoms with van der Waals surface area (Å²) in [5.74, 6) is -0.0595. The van der Waals surface area contributed by atoms with Crippen LogP contribution in [-0.4, -0.2) is 16.9 Å². The maximum atomic E-state index is 12.0. The Morgan fingerprint density at radius 3 is 2.71 bits per heavy atom. The first-order valence-electron chi connectivity index (χ1n) is 5.75. The van der Waals surface area contributed by atoms with Crippen molar-refractivity contribution in [3.05, 3.63) is 41.6 Å². The highest BCUT2D eigenvalue weighted by Crippen LogP contribution is 2.16. The number of para-hydroxylation sites is 1. The molecule has 1 amide bonds. The van der Waals surface area contributed by atoms with E-state index in [4.69, 9.17) is 0 Å². The van der Waals surface area contributed by atoms with Gasteiger partial charge in [0.2, 0.25) is 0 Å². The lowest BCUT2D eigenvalue weighted by Gasteiger charge is -2.10. The van der Waals surface area contributed by atoms with Crippen molar-refractivity contribution in [2.75, 3.05) is 0 Å². The third kappa shape index (κ3) is 2.44. The third-order valence-corrected chi connectivity index (χ3v) is 2.58. The number of aromatic nitrogens is 1. The molecule has 1 aromatic heterocycles. The molecular weight excluding hydrogens is 212 g/mol. The van der Waals surface area contributed by atoms with Gasteiger partial charge in [-0.3, -0.25) is 9.78 Å². The van der Waals surface area contributed by atoms with Crippen LogP contribution in [0.1, 0.15) is 29.9 Å². The molecule has 0 spiro atoms. The Labute approximate surface area is 101 Å². The molecule has 2 rings (SSSR count). The van der Waals surface area contributed by atoms with Crippen molar-refractivity contribution < 1.29 is 4.79 Å². The standard InChI is InChI=1S/C14H16N2O/c1-9(2)15-14(17)12-8-11-6-4-5-7-13(11)16-10(12)3/h4-9H,1-3H3,(H,15,17). The Bertz CT molecular complexity index is 561. The number of carbonyl (C=O) groups is 1. The van der Waals surface area contributed by atoms with Gasteiger partial charge in [0.1, 0.15) is 0 Å². The van der Waals surface area contributed by atoms with Crippen LogP contribution in [0.3, 0.4) is 0 Å². The van der Waals surface area contributed by atoms with Crippen LogP contribution in [0.4, 0.5) is 0 Å². The summed E-state index contributed by atoms with van der Waals surface area (Å²) in [7, 11) is 0. The van der Waals surface area contributed by atoms with Crippen LogP contribution < -0.4 is 5.32 Å². The zero-order valence-electron chi connectivity index (χ0n) is 10.3. The lowest BCUT2D eigenvalue weighted by atomic mass is 10.1. The zero-order valence-corrected chi connectivity index (χ0v) is 10.3. The molecule has 0 radical (unpaired) electrons. The monoisotopic (exact) mass is 228 g/mol. The first-order valence-corrected chi connectivity index (χ1v) is 5.75. The van der Waals surface area contributed by atoms with Crippen molar-refractivity contribution in [2.24, 2.45) is 0 Å².